The summed E-state index contributed by atoms with van der Waals surface area (Å²) in [6, 6.07) is 4.19. The van der Waals surface area contributed by atoms with Crippen molar-refractivity contribution in [2.75, 3.05) is 17.2 Å². The van der Waals surface area contributed by atoms with Crippen molar-refractivity contribution in [2.24, 2.45) is 0 Å². The Morgan fingerprint density at radius 2 is 1.96 bits per heavy atom. The van der Waals surface area contributed by atoms with Gasteiger partial charge in [0.2, 0.25) is 5.95 Å². The number of aliphatic hydroxyl groups is 1. The molecular weight excluding hydrogens is 328 g/mol. The number of hydrogen-bond acceptors (Lipinski definition) is 7. The summed E-state index contributed by atoms with van der Waals surface area (Å²) in [5.74, 6) is 1.40. The third-order valence-electron chi connectivity index (χ3n) is 4.71. The fraction of sp³-hybridized carbons (Fsp3) is 0.579. The number of hydrogen-bond donors (Lipinski definition) is 3. The third kappa shape index (κ3) is 4.88. The monoisotopic (exact) mass is 356 g/mol. The summed E-state index contributed by atoms with van der Waals surface area (Å²) >= 11 is 0. The molecule has 2 heterocycles. The quantitative estimate of drug-likeness (QED) is 0.656. The molecule has 0 spiro atoms. The minimum absolute atomic E-state index is 0.174. The lowest BCUT2D eigenvalue weighted by Gasteiger charge is -2.27. The lowest BCUT2D eigenvalue weighted by molar-refractivity contribution is 0.126. The molecule has 26 heavy (non-hydrogen) atoms. The molecule has 140 valence electrons. The van der Waals surface area contributed by atoms with Crippen LogP contribution in [0.3, 0.4) is 0 Å². The molecule has 1 aliphatic rings. The Balaban J connectivity index is 1.83. The maximum atomic E-state index is 9.73. The molecule has 3 rings (SSSR count). The molecule has 1 fully saturated rings. The standard InChI is InChI=1S/C19H28N6O/c1-3-4-11-20-19-21-12-16(17-10-5-13(2)24-25-17)18(23-19)22-14-6-8-15(26)9-7-14/h5,10,12,14-15,26H,3-4,6-9,11H2,1-2H3,(H2,20,21,22,23). The number of aryl methyl sites for hydroxylation is 1. The molecule has 0 atom stereocenters. The summed E-state index contributed by atoms with van der Waals surface area (Å²) in [6.45, 7) is 4.93. The average molecular weight is 356 g/mol. The van der Waals surface area contributed by atoms with Crippen LogP contribution in [0.1, 0.15) is 51.1 Å². The molecular formula is C19H28N6O. The van der Waals surface area contributed by atoms with Gasteiger partial charge in [0, 0.05) is 18.8 Å². The summed E-state index contributed by atoms with van der Waals surface area (Å²) in [4.78, 5) is 9.14. The van der Waals surface area contributed by atoms with Crippen molar-refractivity contribution in [2.45, 2.75) is 64.5 Å². The Morgan fingerprint density at radius 3 is 2.65 bits per heavy atom. The summed E-state index contributed by atoms with van der Waals surface area (Å²) in [5.41, 5.74) is 2.49. The van der Waals surface area contributed by atoms with Gasteiger partial charge in [0.15, 0.2) is 0 Å². The average Bonchev–Trinajstić information content (AvgIpc) is 2.65. The highest BCUT2D eigenvalue weighted by Gasteiger charge is 2.21. The zero-order chi connectivity index (χ0) is 18.4. The van der Waals surface area contributed by atoms with Crippen LogP contribution in [0.5, 0.6) is 0 Å². The van der Waals surface area contributed by atoms with E-state index in [4.69, 9.17) is 4.98 Å². The largest absolute Gasteiger partial charge is 0.393 e. The number of nitrogens with one attached hydrogen (secondary N) is 2. The van der Waals surface area contributed by atoms with Crippen LogP contribution in [-0.2, 0) is 0 Å². The fourth-order valence-corrected chi connectivity index (χ4v) is 3.10. The Kier molecular flexibility index (Phi) is 6.33. The molecule has 0 aromatic carbocycles. The van der Waals surface area contributed by atoms with Gasteiger partial charge in [-0.15, -0.1) is 0 Å². The second-order valence-corrected chi connectivity index (χ2v) is 6.95. The van der Waals surface area contributed by atoms with Crippen LogP contribution in [0.2, 0.25) is 0 Å². The number of aliphatic hydroxyl groups excluding tert-OH is 1. The van der Waals surface area contributed by atoms with Gasteiger partial charge in [-0.05, 0) is 51.2 Å². The molecule has 0 unspecified atom stereocenters. The van der Waals surface area contributed by atoms with Gasteiger partial charge in [-0.3, -0.25) is 0 Å². The highest BCUT2D eigenvalue weighted by molar-refractivity contribution is 5.72. The molecule has 0 bridgehead atoms. The van der Waals surface area contributed by atoms with E-state index in [-0.39, 0.29) is 6.10 Å². The van der Waals surface area contributed by atoms with Gasteiger partial charge in [0.05, 0.1) is 23.1 Å². The fourth-order valence-electron chi connectivity index (χ4n) is 3.10. The van der Waals surface area contributed by atoms with Gasteiger partial charge >= 0.3 is 0 Å². The second kappa shape index (κ2) is 8.89. The lowest BCUT2D eigenvalue weighted by atomic mass is 9.93. The van der Waals surface area contributed by atoms with Crippen molar-refractivity contribution in [3.8, 4) is 11.3 Å². The SMILES string of the molecule is CCCCNc1ncc(-c2ccc(C)nn2)c(NC2CCC(O)CC2)n1. The van der Waals surface area contributed by atoms with E-state index in [2.05, 4.69) is 32.7 Å². The van der Waals surface area contributed by atoms with E-state index in [1.807, 2.05) is 19.1 Å². The molecule has 7 nitrogen and oxygen atoms in total. The van der Waals surface area contributed by atoms with E-state index in [1.54, 1.807) is 6.20 Å². The number of aromatic nitrogens is 4. The zero-order valence-electron chi connectivity index (χ0n) is 15.6. The maximum absolute atomic E-state index is 9.73. The first-order valence-electron chi connectivity index (χ1n) is 9.52. The minimum atomic E-state index is -0.174. The van der Waals surface area contributed by atoms with E-state index in [1.165, 1.54) is 0 Å². The van der Waals surface area contributed by atoms with E-state index < -0.39 is 0 Å². The molecule has 1 saturated carbocycles. The molecule has 2 aromatic heterocycles. The van der Waals surface area contributed by atoms with Crippen molar-refractivity contribution in [3.05, 3.63) is 24.0 Å². The van der Waals surface area contributed by atoms with Crippen LogP contribution in [0.15, 0.2) is 18.3 Å². The summed E-state index contributed by atoms with van der Waals surface area (Å²) in [7, 11) is 0. The second-order valence-electron chi connectivity index (χ2n) is 6.95. The smallest absolute Gasteiger partial charge is 0.224 e. The van der Waals surface area contributed by atoms with Gasteiger partial charge in [0.1, 0.15) is 5.82 Å². The predicted octanol–water partition coefficient (Wildman–Crippen LogP) is 3.17. The van der Waals surface area contributed by atoms with Crippen molar-refractivity contribution in [3.63, 3.8) is 0 Å². The van der Waals surface area contributed by atoms with Gasteiger partial charge < -0.3 is 15.7 Å². The molecule has 0 amide bonds. The first-order valence-corrected chi connectivity index (χ1v) is 9.52. The Hall–Kier alpha value is -2.28. The Morgan fingerprint density at radius 1 is 1.15 bits per heavy atom. The van der Waals surface area contributed by atoms with Gasteiger partial charge in [0.25, 0.3) is 0 Å². The van der Waals surface area contributed by atoms with Crippen molar-refractivity contribution < 1.29 is 5.11 Å². The molecule has 0 saturated heterocycles. The van der Waals surface area contributed by atoms with Crippen LogP contribution in [0.25, 0.3) is 11.3 Å². The molecule has 0 radical (unpaired) electrons. The van der Waals surface area contributed by atoms with Crippen LogP contribution in [0, 0.1) is 6.92 Å². The van der Waals surface area contributed by atoms with Crippen LogP contribution in [-0.4, -0.2) is 44.0 Å². The lowest BCUT2D eigenvalue weighted by Crippen LogP contribution is -2.29. The number of rotatable bonds is 7. The highest BCUT2D eigenvalue weighted by atomic mass is 16.3. The number of unbranched alkanes of at least 4 members (excludes halogenated alkanes) is 1. The highest BCUT2D eigenvalue weighted by Crippen LogP contribution is 2.28. The third-order valence-corrected chi connectivity index (χ3v) is 4.71. The van der Waals surface area contributed by atoms with Crippen LogP contribution >= 0.6 is 0 Å². The molecule has 7 heteroatoms. The van der Waals surface area contributed by atoms with Gasteiger partial charge in [-0.25, -0.2) is 4.98 Å². The molecule has 3 N–H and O–H groups in total. The first-order chi connectivity index (χ1) is 12.7. The summed E-state index contributed by atoms with van der Waals surface area (Å²) < 4.78 is 0. The van der Waals surface area contributed by atoms with E-state index in [9.17, 15) is 5.11 Å². The van der Waals surface area contributed by atoms with Gasteiger partial charge in [-0.2, -0.15) is 15.2 Å². The van der Waals surface area contributed by atoms with Crippen molar-refractivity contribution in [1.29, 1.82) is 0 Å². The summed E-state index contributed by atoms with van der Waals surface area (Å²) in [5, 5.41) is 25.0. The van der Waals surface area contributed by atoms with E-state index in [0.717, 1.165) is 67.8 Å². The van der Waals surface area contributed by atoms with Gasteiger partial charge in [-0.1, -0.05) is 13.3 Å². The topological polar surface area (TPSA) is 95.9 Å². The predicted molar refractivity (Wildman–Crippen MR) is 103 cm³/mol. The van der Waals surface area contributed by atoms with Crippen molar-refractivity contribution in [1.82, 2.24) is 20.2 Å². The maximum Gasteiger partial charge on any atom is 0.224 e. The molecule has 2 aromatic rings. The first kappa shape index (κ1) is 18.5. The number of anilines is 2. The Labute approximate surface area is 154 Å². The van der Waals surface area contributed by atoms with Crippen molar-refractivity contribution >= 4 is 11.8 Å². The van der Waals surface area contributed by atoms with Crippen LogP contribution in [0.4, 0.5) is 11.8 Å². The normalized spacial score (nSPS) is 20.0. The summed E-state index contributed by atoms with van der Waals surface area (Å²) in [6.07, 6.45) is 7.35. The number of nitrogens with zero attached hydrogens (tertiary/aromatic N) is 4. The minimum Gasteiger partial charge on any atom is -0.393 e. The van der Waals surface area contributed by atoms with Crippen LogP contribution < -0.4 is 10.6 Å². The molecule has 1 aliphatic carbocycles. The van der Waals surface area contributed by atoms with E-state index >= 15 is 0 Å². The molecule has 0 aliphatic heterocycles. The van der Waals surface area contributed by atoms with E-state index in [0.29, 0.717) is 12.0 Å². The Bertz CT molecular complexity index is 698. The zero-order valence-corrected chi connectivity index (χ0v) is 15.6.